The molecule has 0 fully saturated rings. The summed E-state index contributed by atoms with van der Waals surface area (Å²) in [6.45, 7) is 3.24. The lowest BCUT2D eigenvalue weighted by Crippen LogP contribution is -2.29. The molecule has 1 N–H and O–H groups in total. The number of benzene rings is 1. The van der Waals surface area contributed by atoms with Gasteiger partial charge in [-0.3, -0.25) is 14.4 Å². The number of aryl methyl sites for hydroxylation is 1. The van der Waals surface area contributed by atoms with Crippen molar-refractivity contribution in [1.29, 1.82) is 0 Å². The van der Waals surface area contributed by atoms with Crippen molar-refractivity contribution in [3.63, 3.8) is 0 Å². The Labute approximate surface area is 249 Å². The number of ether oxygens (including phenoxy) is 2. The summed E-state index contributed by atoms with van der Waals surface area (Å²) in [5.74, 6) is -5.79. The number of rotatable bonds is 10. The molecule has 2 amide bonds. The third kappa shape index (κ3) is 7.69. The van der Waals surface area contributed by atoms with Crippen LogP contribution in [0.3, 0.4) is 0 Å². The number of aromatic nitrogens is 1. The minimum atomic E-state index is -4.28. The Morgan fingerprint density at radius 1 is 1.02 bits per heavy atom. The molecular weight excluding hydrogens is 610 g/mol. The fourth-order valence-corrected chi connectivity index (χ4v) is 7.99. The van der Waals surface area contributed by atoms with Crippen molar-refractivity contribution in [3.8, 4) is 0 Å². The molecule has 0 radical (unpaired) electrons. The van der Waals surface area contributed by atoms with Gasteiger partial charge in [-0.15, -0.1) is 11.3 Å². The Balaban J connectivity index is 1.53. The SMILES string of the molecule is CCOC(=O)Cn1c(=NC(=O)CS(=O)(=O)CC(=O)Nc2sc3c(c2C(=O)OCC)CCCCC3)sc2cc(F)ccc21. The molecule has 4 rings (SSSR count). The first-order chi connectivity index (χ1) is 20.0. The lowest BCUT2D eigenvalue weighted by molar-refractivity contribution is -0.143. The Morgan fingerprint density at radius 2 is 1.76 bits per heavy atom. The number of thiophene rings is 1. The van der Waals surface area contributed by atoms with Crippen LogP contribution in [0.2, 0.25) is 0 Å². The van der Waals surface area contributed by atoms with Crippen LogP contribution < -0.4 is 10.1 Å². The molecule has 0 atom stereocenters. The number of fused-ring (bicyclic) bond motifs is 2. The molecule has 1 aliphatic carbocycles. The van der Waals surface area contributed by atoms with Crippen molar-refractivity contribution < 1.29 is 41.5 Å². The highest BCUT2D eigenvalue weighted by Crippen LogP contribution is 2.38. The van der Waals surface area contributed by atoms with Gasteiger partial charge in [0.2, 0.25) is 5.91 Å². The number of hydrogen-bond donors (Lipinski definition) is 1. The van der Waals surface area contributed by atoms with E-state index in [0.29, 0.717) is 16.6 Å². The summed E-state index contributed by atoms with van der Waals surface area (Å²) < 4.78 is 51.3. The third-order valence-electron chi connectivity index (χ3n) is 6.31. The van der Waals surface area contributed by atoms with Crippen LogP contribution in [0, 0.1) is 5.82 Å². The number of esters is 2. The largest absolute Gasteiger partial charge is 0.465 e. The fourth-order valence-electron chi connectivity index (χ4n) is 4.61. The highest BCUT2D eigenvalue weighted by molar-refractivity contribution is 7.92. The summed E-state index contributed by atoms with van der Waals surface area (Å²) in [4.78, 5) is 55.2. The highest BCUT2D eigenvalue weighted by Gasteiger charge is 2.28. The number of amides is 2. The zero-order valence-electron chi connectivity index (χ0n) is 23.1. The average molecular weight is 640 g/mol. The zero-order chi connectivity index (χ0) is 30.4. The van der Waals surface area contributed by atoms with Gasteiger partial charge in [0.1, 0.15) is 28.9 Å². The predicted octanol–water partition coefficient (Wildman–Crippen LogP) is 3.39. The van der Waals surface area contributed by atoms with Gasteiger partial charge in [-0.25, -0.2) is 17.6 Å². The Kier molecular flexibility index (Phi) is 10.3. The van der Waals surface area contributed by atoms with Crippen LogP contribution in [0.25, 0.3) is 10.2 Å². The third-order valence-corrected chi connectivity index (χ3v) is 9.94. The number of sulfone groups is 1. The van der Waals surface area contributed by atoms with Crippen LogP contribution in [0.5, 0.6) is 0 Å². The molecule has 1 aliphatic rings. The number of nitrogens with one attached hydrogen (secondary N) is 1. The van der Waals surface area contributed by atoms with E-state index in [2.05, 4.69) is 10.3 Å². The summed E-state index contributed by atoms with van der Waals surface area (Å²) in [5.41, 5.74) is 1.49. The number of anilines is 1. The van der Waals surface area contributed by atoms with E-state index in [0.717, 1.165) is 47.5 Å². The summed E-state index contributed by atoms with van der Waals surface area (Å²) in [6, 6.07) is 3.81. The van der Waals surface area contributed by atoms with Crippen molar-refractivity contribution in [2.24, 2.45) is 4.99 Å². The first kappa shape index (κ1) is 31.5. The number of carbonyl (C=O) groups excluding carboxylic acids is 4. The van der Waals surface area contributed by atoms with Gasteiger partial charge in [0, 0.05) is 4.88 Å². The zero-order valence-corrected chi connectivity index (χ0v) is 25.5. The van der Waals surface area contributed by atoms with Gasteiger partial charge < -0.3 is 19.4 Å². The second-order valence-corrected chi connectivity index (χ2v) is 13.6. The first-order valence-electron chi connectivity index (χ1n) is 13.3. The predicted molar refractivity (Wildman–Crippen MR) is 156 cm³/mol. The van der Waals surface area contributed by atoms with Gasteiger partial charge in [-0.05, 0) is 63.3 Å². The Bertz CT molecular complexity index is 1700. The lowest BCUT2D eigenvalue weighted by atomic mass is 10.1. The summed E-state index contributed by atoms with van der Waals surface area (Å²) in [5, 5.41) is 2.77. The number of nitrogens with zero attached hydrogens (tertiary/aromatic N) is 2. The van der Waals surface area contributed by atoms with Crippen LogP contribution in [-0.2, 0) is 53.1 Å². The molecular formula is C27H30FN3O8S3. The van der Waals surface area contributed by atoms with Gasteiger partial charge in [0.25, 0.3) is 5.91 Å². The van der Waals surface area contributed by atoms with E-state index in [-0.39, 0.29) is 35.1 Å². The molecule has 0 unspecified atom stereocenters. The van der Waals surface area contributed by atoms with E-state index in [1.807, 2.05) is 0 Å². The average Bonchev–Trinajstić information content (AvgIpc) is 3.29. The summed E-state index contributed by atoms with van der Waals surface area (Å²) in [6.07, 6.45) is 4.25. The van der Waals surface area contributed by atoms with E-state index < -0.39 is 50.9 Å². The minimum absolute atomic E-state index is 0.0209. The van der Waals surface area contributed by atoms with Gasteiger partial charge in [-0.2, -0.15) is 4.99 Å². The van der Waals surface area contributed by atoms with E-state index in [9.17, 15) is 32.0 Å². The lowest BCUT2D eigenvalue weighted by Gasteiger charge is -2.08. The molecule has 0 saturated heterocycles. The molecule has 11 nitrogen and oxygen atoms in total. The van der Waals surface area contributed by atoms with Crippen molar-refractivity contribution in [3.05, 3.63) is 44.8 Å². The molecule has 0 bridgehead atoms. The standard InChI is InChI=1S/C27H30FN3O8S3/c1-3-38-23(34)13-31-18-11-10-16(28)12-20(18)41-27(31)30-22(33)15-42(36,37)14-21(32)29-25-24(26(35)39-4-2)17-8-6-5-7-9-19(17)40-25/h10-12H,3-9,13-15H2,1-2H3,(H,29,32). The monoisotopic (exact) mass is 639 g/mol. The Hall–Kier alpha value is -3.43. The first-order valence-corrected chi connectivity index (χ1v) is 16.8. The molecule has 15 heteroatoms. The summed E-state index contributed by atoms with van der Waals surface area (Å²) in [7, 11) is -4.28. The van der Waals surface area contributed by atoms with Crippen LogP contribution in [-0.4, -0.2) is 61.5 Å². The number of halogens is 1. The van der Waals surface area contributed by atoms with Crippen molar-refractivity contribution >= 4 is 71.5 Å². The molecule has 3 aromatic rings. The summed E-state index contributed by atoms with van der Waals surface area (Å²) >= 11 is 2.14. The Morgan fingerprint density at radius 3 is 2.50 bits per heavy atom. The molecule has 0 saturated carbocycles. The van der Waals surface area contributed by atoms with Gasteiger partial charge in [0.05, 0.1) is 29.0 Å². The van der Waals surface area contributed by atoms with Crippen LogP contribution >= 0.6 is 22.7 Å². The van der Waals surface area contributed by atoms with Gasteiger partial charge in [0.15, 0.2) is 14.6 Å². The van der Waals surface area contributed by atoms with E-state index >= 15 is 0 Å². The fraction of sp³-hybridized carbons (Fsp3) is 0.444. The number of hydrogen-bond acceptors (Lipinski definition) is 10. The molecule has 1 aromatic carbocycles. The van der Waals surface area contributed by atoms with Crippen molar-refractivity contribution in [1.82, 2.24) is 4.57 Å². The number of thiazole rings is 1. The normalized spacial score (nSPS) is 13.8. The van der Waals surface area contributed by atoms with E-state index in [1.165, 1.54) is 34.1 Å². The molecule has 0 spiro atoms. The maximum atomic E-state index is 13.8. The molecule has 42 heavy (non-hydrogen) atoms. The highest BCUT2D eigenvalue weighted by atomic mass is 32.2. The second-order valence-electron chi connectivity index (χ2n) is 9.46. The number of carbonyl (C=O) groups is 4. The molecule has 2 heterocycles. The van der Waals surface area contributed by atoms with Gasteiger partial charge in [-0.1, -0.05) is 17.8 Å². The topological polar surface area (TPSA) is 150 Å². The van der Waals surface area contributed by atoms with Crippen molar-refractivity contribution in [2.75, 3.05) is 30.0 Å². The minimum Gasteiger partial charge on any atom is -0.465 e. The van der Waals surface area contributed by atoms with E-state index in [4.69, 9.17) is 9.47 Å². The quantitative estimate of drug-likeness (QED) is 0.262. The maximum absolute atomic E-state index is 13.8. The molecule has 2 aromatic heterocycles. The maximum Gasteiger partial charge on any atom is 0.341 e. The second kappa shape index (κ2) is 13.7. The van der Waals surface area contributed by atoms with Crippen LogP contribution in [0.15, 0.2) is 23.2 Å². The van der Waals surface area contributed by atoms with E-state index in [1.54, 1.807) is 13.8 Å². The smallest absolute Gasteiger partial charge is 0.341 e. The van der Waals surface area contributed by atoms with Crippen LogP contribution in [0.4, 0.5) is 9.39 Å². The van der Waals surface area contributed by atoms with Crippen LogP contribution in [0.1, 0.15) is 53.9 Å². The molecule has 226 valence electrons. The van der Waals surface area contributed by atoms with Crippen molar-refractivity contribution in [2.45, 2.75) is 52.5 Å². The molecule has 0 aliphatic heterocycles. The van der Waals surface area contributed by atoms with Gasteiger partial charge >= 0.3 is 11.9 Å².